The van der Waals surface area contributed by atoms with Crippen LogP contribution < -0.4 is 5.32 Å². The lowest BCUT2D eigenvalue weighted by Crippen LogP contribution is -2.19. The third kappa shape index (κ3) is 3.28. The van der Waals surface area contributed by atoms with E-state index in [4.69, 9.17) is 0 Å². The molecule has 2 aromatic heterocycles. The number of anilines is 1. The summed E-state index contributed by atoms with van der Waals surface area (Å²) in [5.74, 6) is 1.74. The van der Waals surface area contributed by atoms with Crippen LogP contribution in [0.2, 0.25) is 0 Å². The van der Waals surface area contributed by atoms with E-state index in [1.54, 1.807) is 6.20 Å². The Labute approximate surface area is 150 Å². The molecule has 0 aliphatic heterocycles. The SMILES string of the molecule is C[C@H](C1CC1)n1nccc1NC(=O)CSc1nc2ccccc2n1C. The second kappa shape index (κ2) is 6.55. The molecule has 1 amide bonds. The van der Waals surface area contributed by atoms with Gasteiger partial charge in [0.05, 0.1) is 29.0 Å². The average molecular weight is 355 g/mol. The predicted molar refractivity (Wildman–Crippen MR) is 99.7 cm³/mol. The number of rotatable bonds is 6. The molecule has 7 heteroatoms. The van der Waals surface area contributed by atoms with E-state index in [2.05, 4.69) is 22.3 Å². The molecular formula is C18H21N5OS. The molecule has 1 aliphatic rings. The zero-order chi connectivity index (χ0) is 17.4. The molecule has 0 unspecified atom stereocenters. The quantitative estimate of drug-likeness (QED) is 0.688. The number of nitrogens with one attached hydrogen (secondary N) is 1. The summed E-state index contributed by atoms with van der Waals surface area (Å²) >= 11 is 1.45. The Bertz CT molecular complexity index is 911. The van der Waals surface area contributed by atoms with Crippen molar-refractivity contribution in [1.29, 1.82) is 0 Å². The lowest BCUT2D eigenvalue weighted by molar-refractivity contribution is -0.113. The molecule has 1 atom stereocenters. The molecule has 1 saturated carbocycles. The standard InChI is InChI=1S/C18H21N5OS/c1-12(13-7-8-13)23-16(9-10-19-23)21-17(24)11-25-18-20-14-5-3-4-6-15(14)22(18)2/h3-6,9-10,12-13H,7-8,11H2,1-2H3,(H,21,24)/t12-/m1/s1. The Kier molecular flexibility index (Phi) is 4.25. The number of amides is 1. The molecule has 1 fully saturated rings. The smallest absolute Gasteiger partial charge is 0.235 e. The largest absolute Gasteiger partial charge is 0.322 e. The number of thioether (sulfide) groups is 1. The minimum absolute atomic E-state index is 0.0400. The molecule has 2 heterocycles. The van der Waals surface area contributed by atoms with Crippen LogP contribution in [0, 0.1) is 5.92 Å². The molecule has 0 spiro atoms. The molecular weight excluding hydrogens is 334 g/mol. The molecule has 6 nitrogen and oxygen atoms in total. The van der Waals surface area contributed by atoms with Gasteiger partial charge in [0.2, 0.25) is 5.91 Å². The zero-order valence-corrected chi connectivity index (χ0v) is 15.2. The van der Waals surface area contributed by atoms with Crippen molar-refractivity contribution in [3.05, 3.63) is 36.5 Å². The Morgan fingerprint density at radius 3 is 2.92 bits per heavy atom. The molecule has 1 N–H and O–H groups in total. The fourth-order valence-corrected chi connectivity index (χ4v) is 3.86. The van der Waals surface area contributed by atoms with Gasteiger partial charge in [-0.3, -0.25) is 4.79 Å². The van der Waals surface area contributed by atoms with E-state index in [1.807, 2.05) is 46.6 Å². The summed E-state index contributed by atoms with van der Waals surface area (Å²) in [6.07, 6.45) is 4.24. The van der Waals surface area contributed by atoms with E-state index in [9.17, 15) is 4.79 Å². The van der Waals surface area contributed by atoms with Gasteiger partial charge in [-0.05, 0) is 37.8 Å². The third-order valence-electron chi connectivity index (χ3n) is 4.71. The number of aromatic nitrogens is 4. The minimum Gasteiger partial charge on any atom is -0.322 e. The number of carbonyl (C=O) groups excluding carboxylic acids is 1. The van der Waals surface area contributed by atoms with Crippen molar-refractivity contribution in [2.45, 2.75) is 31.0 Å². The van der Waals surface area contributed by atoms with Gasteiger partial charge in [-0.1, -0.05) is 23.9 Å². The molecule has 25 heavy (non-hydrogen) atoms. The van der Waals surface area contributed by atoms with E-state index < -0.39 is 0 Å². The molecule has 4 rings (SSSR count). The highest BCUT2D eigenvalue weighted by atomic mass is 32.2. The highest BCUT2D eigenvalue weighted by Gasteiger charge is 2.30. The van der Waals surface area contributed by atoms with Gasteiger partial charge < -0.3 is 9.88 Å². The normalized spacial score (nSPS) is 15.4. The zero-order valence-electron chi connectivity index (χ0n) is 14.3. The van der Waals surface area contributed by atoms with Gasteiger partial charge in [-0.15, -0.1) is 0 Å². The first kappa shape index (κ1) is 16.2. The van der Waals surface area contributed by atoms with Crippen LogP contribution in [-0.4, -0.2) is 31.0 Å². The lowest BCUT2D eigenvalue weighted by Gasteiger charge is -2.15. The second-order valence-electron chi connectivity index (χ2n) is 6.52. The van der Waals surface area contributed by atoms with Crippen LogP contribution in [0.3, 0.4) is 0 Å². The third-order valence-corrected chi connectivity index (χ3v) is 5.74. The minimum atomic E-state index is -0.0400. The van der Waals surface area contributed by atoms with Gasteiger partial charge >= 0.3 is 0 Å². The van der Waals surface area contributed by atoms with Crippen molar-refractivity contribution in [3.8, 4) is 0 Å². The average Bonchev–Trinajstić information content (AvgIpc) is 3.29. The van der Waals surface area contributed by atoms with E-state index in [-0.39, 0.29) is 5.91 Å². The number of nitrogens with zero attached hydrogens (tertiary/aromatic N) is 4. The van der Waals surface area contributed by atoms with Crippen LogP contribution >= 0.6 is 11.8 Å². The number of hydrogen-bond acceptors (Lipinski definition) is 4. The van der Waals surface area contributed by atoms with Gasteiger partial charge in [0.1, 0.15) is 5.82 Å². The Morgan fingerprint density at radius 2 is 2.16 bits per heavy atom. The van der Waals surface area contributed by atoms with Crippen molar-refractivity contribution in [2.24, 2.45) is 13.0 Å². The molecule has 1 aromatic carbocycles. The van der Waals surface area contributed by atoms with Gasteiger partial charge in [0.15, 0.2) is 5.16 Å². The summed E-state index contributed by atoms with van der Waals surface area (Å²) in [7, 11) is 1.97. The number of para-hydroxylation sites is 2. The second-order valence-corrected chi connectivity index (χ2v) is 7.46. The summed E-state index contributed by atoms with van der Waals surface area (Å²) in [6, 6.07) is 10.2. The van der Waals surface area contributed by atoms with Crippen molar-refractivity contribution in [1.82, 2.24) is 19.3 Å². The van der Waals surface area contributed by atoms with Gasteiger partial charge in [-0.2, -0.15) is 5.10 Å². The number of aryl methyl sites for hydroxylation is 1. The molecule has 3 aromatic rings. The number of imidazole rings is 1. The van der Waals surface area contributed by atoms with Crippen LogP contribution in [0.25, 0.3) is 11.0 Å². The fourth-order valence-electron chi connectivity index (χ4n) is 3.08. The van der Waals surface area contributed by atoms with Gasteiger partial charge in [0, 0.05) is 13.1 Å². The van der Waals surface area contributed by atoms with E-state index in [1.165, 1.54) is 24.6 Å². The van der Waals surface area contributed by atoms with E-state index in [0.717, 1.165) is 22.0 Å². The molecule has 0 bridgehead atoms. The van der Waals surface area contributed by atoms with Crippen LogP contribution in [0.15, 0.2) is 41.7 Å². The van der Waals surface area contributed by atoms with Crippen molar-refractivity contribution < 1.29 is 4.79 Å². The monoisotopic (exact) mass is 355 g/mol. The molecule has 0 saturated heterocycles. The summed E-state index contributed by atoms with van der Waals surface area (Å²) in [5, 5.41) is 8.20. The molecule has 0 radical (unpaired) electrons. The van der Waals surface area contributed by atoms with E-state index in [0.29, 0.717) is 17.7 Å². The molecule has 130 valence electrons. The maximum absolute atomic E-state index is 12.4. The summed E-state index contributed by atoms with van der Waals surface area (Å²) in [5.41, 5.74) is 2.02. The van der Waals surface area contributed by atoms with Crippen LogP contribution in [0.1, 0.15) is 25.8 Å². The first-order valence-corrected chi connectivity index (χ1v) is 9.49. The Balaban J connectivity index is 1.41. The lowest BCUT2D eigenvalue weighted by atomic mass is 10.2. The molecule has 1 aliphatic carbocycles. The van der Waals surface area contributed by atoms with Crippen molar-refractivity contribution in [3.63, 3.8) is 0 Å². The van der Waals surface area contributed by atoms with E-state index >= 15 is 0 Å². The maximum Gasteiger partial charge on any atom is 0.235 e. The first-order valence-electron chi connectivity index (χ1n) is 8.51. The van der Waals surface area contributed by atoms with Gasteiger partial charge in [0.25, 0.3) is 0 Å². The Morgan fingerprint density at radius 1 is 1.36 bits per heavy atom. The highest BCUT2D eigenvalue weighted by molar-refractivity contribution is 7.99. The highest BCUT2D eigenvalue weighted by Crippen LogP contribution is 2.40. The summed E-state index contributed by atoms with van der Waals surface area (Å²) in [6.45, 7) is 2.16. The van der Waals surface area contributed by atoms with Crippen LogP contribution in [0.5, 0.6) is 0 Å². The Hall–Kier alpha value is -2.28. The first-order chi connectivity index (χ1) is 12.1. The van der Waals surface area contributed by atoms with Crippen molar-refractivity contribution >= 4 is 34.5 Å². The number of hydrogen-bond donors (Lipinski definition) is 1. The summed E-state index contributed by atoms with van der Waals surface area (Å²) in [4.78, 5) is 16.9. The number of carbonyl (C=O) groups is 1. The maximum atomic E-state index is 12.4. The van der Waals surface area contributed by atoms with Gasteiger partial charge in [-0.25, -0.2) is 9.67 Å². The predicted octanol–water partition coefficient (Wildman–Crippen LogP) is 3.47. The number of fused-ring (bicyclic) bond motifs is 1. The topological polar surface area (TPSA) is 64.7 Å². The number of benzene rings is 1. The fraction of sp³-hybridized carbons (Fsp3) is 0.389. The van der Waals surface area contributed by atoms with Crippen molar-refractivity contribution in [2.75, 3.05) is 11.1 Å². The van der Waals surface area contributed by atoms with Crippen LogP contribution in [0.4, 0.5) is 5.82 Å². The van der Waals surface area contributed by atoms with Crippen LogP contribution in [-0.2, 0) is 11.8 Å². The summed E-state index contributed by atoms with van der Waals surface area (Å²) < 4.78 is 3.95.